The molecule has 1 aliphatic heterocycles. The maximum absolute atomic E-state index is 12.7. The summed E-state index contributed by atoms with van der Waals surface area (Å²) in [5.41, 5.74) is 9.19. The predicted octanol–water partition coefficient (Wildman–Crippen LogP) is 1.30. The second-order valence-electron chi connectivity index (χ2n) is 5.29. The van der Waals surface area contributed by atoms with E-state index in [9.17, 15) is 4.79 Å². The molecule has 19 heavy (non-hydrogen) atoms. The highest BCUT2D eigenvalue weighted by atomic mass is 16.2. The van der Waals surface area contributed by atoms with Gasteiger partial charge in [-0.1, -0.05) is 12.1 Å². The average Bonchev–Trinajstić information content (AvgIpc) is 2.52. The Labute approximate surface area is 115 Å². The minimum Gasteiger partial charge on any atom is -0.328 e. The van der Waals surface area contributed by atoms with Crippen molar-refractivity contribution < 1.29 is 4.79 Å². The second-order valence-corrected chi connectivity index (χ2v) is 5.29. The van der Waals surface area contributed by atoms with Crippen LogP contribution in [0.4, 0.5) is 5.69 Å². The van der Waals surface area contributed by atoms with Crippen LogP contribution in [0.3, 0.4) is 0 Å². The van der Waals surface area contributed by atoms with Crippen LogP contribution in [0, 0.1) is 13.8 Å². The van der Waals surface area contributed by atoms with Gasteiger partial charge in [0.15, 0.2) is 0 Å². The van der Waals surface area contributed by atoms with Crippen LogP contribution >= 0.6 is 0 Å². The van der Waals surface area contributed by atoms with E-state index >= 15 is 0 Å². The topological polar surface area (TPSA) is 49.6 Å². The standard InChI is InChI=1S/C15H23N3O/c1-11-6-4-7-13(12(11)2)18-9-5-8-17(3)14(10-16)15(18)19/h4,6-7,14H,5,8-10,16H2,1-3H3. The number of carbonyl (C=O) groups is 1. The molecule has 4 heteroatoms. The number of likely N-dealkylation sites (N-methyl/N-ethyl adjacent to an activating group) is 1. The quantitative estimate of drug-likeness (QED) is 0.873. The molecule has 2 N–H and O–H groups in total. The minimum atomic E-state index is -0.206. The maximum Gasteiger partial charge on any atom is 0.245 e. The highest BCUT2D eigenvalue weighted by molar-refractivity contribution is 5.98. The van der Waals surface area contributed by atoms with Crippen molar-refractivity contribution in [3.63, 3.8) is 0 Å². The third kappa shape index (κ3) is 2.65. The van der Waals surface area contributed by atoms with Gasteiger partial charge in [0.1, 0.15) is 6.04 Å². The molecule has 104 valence electrons. The number of aryl methyl sites for hydroxylation is 1. The van der Waals surface area contributed by atoms with Crippen LogP contribution in [-0.2, 0) is 4.79 Å². The van der Waals surface area contributed by atoms with Crippen LogP contribution in [0.25, 0.3) is 0 Å². The van der Waals surface area contributed by atoms with Gasteiger partial charge in [0, 0.05) is 25.3 Å². The molecule has 1 amide bonds. The molecule has 1 unspecified atom stereocenters. The van der Waals surface area contributed by atoms with E-state index in [1.54, 1.807) is 0 Å². The summed E-state index contributed by atoms with van der Waals surface area (Å²) in [5, 5.41) is 0. The van der Waals surface area contributed by atoms with Crippen molar-refractivity contribution >= 4 is 11.6 Å². The molecule has 1 aliphatic rings. The van der Waals surface area contributed by atoms with E-state index in [0.717, 1.165) is 25.2 Å². The van der Waals surface area contributed by atoms with Crippen LogP contribution < -0.4 is 10.6 Å². The summed E-state index contributed by atoms with van der Waals surface area (Å²) < 4.78 is 0. The molecule has 0 radical (unpaired) electrons. The van der Waals surface area contributed by atoms with Gasteiger partial charge in [-0.3, -0.25) is 9.69 Å². The summed E-state index contributed by atoms with van der Waals surface area (Å²) in [4.78, 5) is 16.6. The molecule has 1 atom stereocenters. The van der Waals surface area contributed by atoms with Crippen molar-refractivity contribution in [1.29, 1.82) is 0 Å². The van der Waals surface area contributed by atoms with Crippen molar-refractivity contribution in [1.82, 2.24) is 4.90 Å². The number of amides is 1. The Hall–Kier alpha value is -1.39. The molecule has 1 aromatic carbocycles. The molecule has 0 bridgehead atoms. The number of anilines is 1. The molecular weight excluding hydrogens is 238 g/mol. The number of nitrogens with two attached hydrogens (primary N) is 1. The molecule has 4 nitrogen and oxygen atoms in total. The van der Waals surface area contributed by atoms with Crippen molar-refractivity contribution in [2.45, 2.75) is 26.3 Å². The SMILES string of the molecule is Cc1cccc(N2CCCN(C)C(CN)C2=O)c1C. The molecule has 1 heterocycles. The van der Waals surface area contributed by atoms with E-state index in [2.05, 4.69) is 24.8 Å². The number of rotatable bonds is 2. The monoisotopic (exact) mass is 261 g/mol. The number of hydrogen-bond acceptors (Lipinski definition) is 3. The third-order valence-corrected chi connectivity index (χ3v) is 4.07. The van der Waals surface area contributed by atoms with Gasteiger partial charge in [0.25, 0.3) is 0 Å². The molecule has 0 saturated carbocycles. The number of nitrogens with zero attached hydrogens (tertiary/aromatic N) is 2. The van der Waals surface area contributed by atoms with Crippen molar-refractivity contribution in [2.24, 2.45) is 5.73 Å². The molecule has 1 aromatic rings. The Morgan fingerprint density at radius 2 is 2.05 bits per heavy atom. The lowest BCUT2D eigenvalue weighted by molar-refractivity contribution is -0.122. The maximum atomic E-state index is 12.7. The summed E-state index contributed by atoms with van der Waals surface area (Å²) in [6.45, 7) is 6.20. The van der Waals surface area contributed by atoms with Gasteiger partial charge < -0.3 is 10.6 Å². The van der Waals surface area contributed by atoms with Crippen LogP contribution in [0.15, 0.2) is 18.2 Å². The first-order valence-corrected chi connectivity index (χ1v) is 6.84. The summed E-state index contributed by atoms with van der Waals surface area (Å²) in [6, 6.07) is 5.91. The van der Waals surface area contributed by atoms with E-state index in [1.165, 1.54) is 11.1 Å². The number of benzene rings is 1. The van der Waals surface area contributed by atoms with Gasteiger partial charge in [-0.15, -0.1) is 0 Å². The van der Waals surface area contributed by atoms with E-state index in [4.69, 9.17) is 5.73 Å². The normalized spacial score (nSPS) is 21.6. The minimum absolute atomic E-state index is 0.121. The van der Waals surface area contributed by atoms with Gasteiger partial charge in [-0.25, -0.2) is 0 Å². The first-order valence-electron chi connectivity index (χ1n) is 6.84. The van der Waals surface area contributed by atoms with Crippen molar-refractivity contribution in [3.8, 4) is 0 Å². The van der Waals surface area contributed by atoms with Gasteiger partial charge in [-0.05, 0) is 44.5 Å². The summed E-state index contributed by atoms with van der Waals surface area (Å²) in [5.74, 6) is 0.121. The van der Waals surface area contributed by atoms with Crippen LogP contribution in [0.1, 0.15) is 17.5 Å². The number of carbonyl (C=O) groups excluding carboxylic acids is 1. The highest BCUT2D eigenvalue weighted by Crippen LogP contribution is 2.25. The van der Waals surface area contributed by atoms with Gasteiger partial charge in [0.05, 0.1) is 0 Å². The molecule has 1 fully saturated rings. The molecule has 0 spiro atoms. The zero-order valence-corrected chi connectivity index (χ0v) is 12.0. The summed E-state index contributed by atoms with van der Waals surface area (Å²) in [7, 11) is 1.97. The van der Waals surface area contributed by atoms with Gasteiger partial charge in [0.2, 0.25) is 5.91 Å². The second kappa shape index (κ2) is 5.72. The Morgan fingerprint density at radius 3 is 2.74 bits per heavy atom. The fourth-order valence-corrected chi connectivity index (χ4v) is 2.66. The molecule has 2 rings (SSSR count). The Bertz CT molecular complexity index is 472. The Morgan fingerprint density at radius 1 is 1.32 bits per heavy atom. The fraction of sp³-hybridized carbons (Fsp3) is 0.533. The number of hydrogen-bond donors (Lipinski definition) is 1. The van der Waals surface area contributed by atoms with Crippen molar-refractivity contribution in [3.05, 3.63) is 29.3 Å². The van der Waals surface area contributed by atoms with E-state index in [0.29, 0.717) is 6.54 Å². The molecular formula is C15H23N3O. The predicted molar refractivity (Wildman–Crippen MR) is 78.4 cm³/mol. The lowest BCUT2D eigenvalue weighted by Crippen LogP contribution is -2.48. The third-order valence-electron chi connectivity index (χ3n) is 4.07. The summed E-state index contributed by atoms with van der Waals surface area (Å²) in [6.07, 6.45) is 0.978. The van der Waals surface area contributed by atoms with Crippen LogP contribution in [0.2, 0.25) is 0 Å². The van der Waals surface area contributed by atoms with Gasteiger partial charge in [-0.2, -0.15) is 0 Å². The van der Waals surface area contributed by atoms with Gasteiger partial charge >= 0.3 is 0 Å². The zero-order valence-electron chi connectivity index (χ0n) is 12.0. The Balaban J connectivity index is 2.37. The van der Waals surface area contributed by atoms with Crippen molar-refractivity contribution in [2.75, 3.05) is 31.6 Å². The van der Waals surface area contributed by atoms with E-state index < -0.39 is 0 Å². The molecule has 0 aromatic heterocycles. The lowest BCUT2D eigenvalue weighted by atomic mass is 10.1. The first-order chi connectivity index (χ1) is 9.06. The molecule has 0 aliphatic carbocycles. The Kier molecular flexibility index (Phi) is 4.22. The lowest BCUT2D eigenvalue weighted by Gasteiger charge is -2.28. The average molecular weight is 261 g/mol. The van der Waals surface area contributed by atoms with E-state index in [-0.39, 0.29) is 11.9 Å². The largest absolute Gasteiger partial charge is 0.328 e. The molecule has 1 saturated heterocycles. The van der Waals surface area contributed by atoms with Crippen LogP contribution in [-0.4, -0.2) is 43.5 Å². The first kappa shape index (κ1) is 14.0. The smallest absolute Gasteiger partial charge is 0.245 e. The fourth-order valence-electron chi connectivity index (χ4n) is 2.66. The zero-order chi connectivity index (χ0) is 14.0. The summed E-state index contributed by atoms with van der Waals surface area (Å²) >= 11 is 0. The van der Waals surface area contributed by atoms with E-state index in [1.807, 2.05) is 24.1 Å². The van der Waals surface area contributed by atoms with Crippen LogP contribution in [0.5, 0.6) is 0 Å². The highest BCUT2D eigenvalue weighted by Gasteiger charge is 2.30.